The van der Waals surface area contributed by atoms with Gasteiger partial charge in [-0.15, -0.1) is 0 Å². The van der Waals surface area contributed by atoms with Gasteiger partial charge in [0.1, 0.15) is 18.0 Å². The van der Waals surface area contributed by atoms with Gasteiger partial charge in [0.05, 0.1) is 30.4 Å². The van der Waals surface area contributed by atoms with E-state index in [4.69, 9.17) is 0 Å². The highest BCUT2D eigenvalue weighted by atomic mass is 19.1. The van der Waals surface area contributed by atoms with E-state index in [9.17, 15) is 18.4 Å². The lowest BCUT2D eigenvalue weighted by Gasteiger charge is -2.28. The molecule has 7 nitrogen and oxygen atoms in total. The fourth-order valence-electron chi connectivity index (χ4n) is 4.51. The first kappa shape index (κ1) is 24.5. The first-order valence-corrected chi connectivity index (χ1v) is 11.7. The van der Waals surface area contributed by atoms with Gasteiger partial charge in [0.15, 0.2) is 0 Å². The van der Waals surface area contributed by atoms with E-state index in [1.54, 1.807) is 19.1 Å². The van der Waals surface area contributed by atoms with E-state index in [1.807, 2.05) is 44.2 Å². The van der Waals surface area contributed by atoms with Crippen molar-refractivity contribution in [3.05, 3.63) is 82.9 Å². The molecule has 1 aliphatic rings. The van der Waals surface area contributed by atoms with Gasteiger partial charge >= 0.3 is 0 Å². The number of H-pyrrole nitrogens is 1. The maximum atomic E-state index is 14.8. The van der Waals surface area contributed by atoms with Crippen LogP contribution in [-0.4, -0.2) is 50.9 Å². The summed E-state index contributed by atoms with van der Waals surface area (Å²) in [5.41, 5.74) is 2.32. The first-order valence-electron chi connectivity index (χ1n) is 11.7. The minimum Gasteiger partial charge on any atom is -0.343 e. The molecule has 0 aliphatic carbocycles. The lowest BCUT2D eigenvalue weighted by Crippen LogP contribution is -2.48. The molecular formula is C26H29F2N5O2. The molecule has 0 spiro atoms. The van der Waals surface area contributed by atoms with Crippen molar-refractivity contribution in [2.45, 2.75) is 57.3 Å². The average Bonchev–Trinajstić information content (AvgIpc) is 3.52. The van der Waals surface area contributed by atoms with E-state index in [2.05, 4.69) is 20.7 Å². The zero-order chi connectivity index (χ0) is 25.1. The van der Waals surface area contributed by atoms with Gasteiger partial charge in [-0.3, -0.25) is 9.59 Å². The van der Waals surface area contributed by atoms with Gasteiger partial charge in [0.25, 0.3) is 0 Å². The predicted octanol–water partition coefficient (Wildman–Crippen LogP) is 4.02. The topological polar surface area (TPSA) is 91.0 Å². The highest BCUT2D eigenvalue weighted by molar-refractivity contribution is 5.91. The van der Waals surface area contributed by atoms with Crippen LogP contribution in [0.1, 0.15) is 67.5 Å². The van der Waals surface area contributed by atoms with Crippen LogP contribution in [0.4, 0.5) is 8.78 Å². The highest BCUT2D eigenvalue weighted by Gasteiger charge is 2.42. The van der Waals surface area contributed by atoms with Gasteiger partial charge in [-0.1, -0.05) is 56.3 Å². The first-order chi connectivity index (χ1) is 16.8. The fraction of sp³-hybridized carbons (Fsp3) is 0.385. The Bertz CT molecular complexity index is 1170. The molecule has 1 fully saturated rings. The second kappa shape index (κ2) is 10.3. The summed E-state index contributed by atoms with van der Waals surface area (Å²) in [4.78, 5) is 27.8. The van der Waals surface area contributed by atoms with E-state index in [1.165, 1.54) is 17.2 Å². The number of nitrogens with zero attached hydrogens (tertiary/aromatic N) is 3. The van der Waals surface area contributed by atoms with Gasteiger partial charge < -0.3 is 10.2 Å². The van der Waals surface area contributed by atoms with E-state index in [0.29, 0.717) is 16.8 Å². The zero-order valence-corrected chi connectivity index (χ0v) is 19.9. The zero-order valence-electron chi connectivity index (χ0n) is 19.9. The van der Waals surface area contributed by atoms with Crippen molar-refractivity contribution in [2.75, 3.05) is 6.54 Å². The fourth-order valence-corrected chi connectivity index (χ4v) is 4.51. The summed E-state index contributed by atoms with van der Waals surface area (Å²) in [5.74, 6) is -1.91. The molecule has 2 N–H and O–H groups in total. The number of aromatic amines is 1. The maximum Gasteiger partial charge on any atom is 0.243 e. The molecule has 9 heteroatoms. The number of hydrogen-bond donors (Lipinski definition) is 2. The number of carbonyl (C=O) groups is 2. The molecule has 0 radical (unpaired) electrons. The summed E-state index contributed by atoms with van der Waals surface area (Å²) in [6, 6.07) is 12.5. The predicted molar refractivity (Wildman–Crippen MR) is 127 cm³/mol. The molecule has 3 aromatic rings. The number of nitrogens with one attached hydrogen (secondary N) is 2. The number of alkyl halides is 1. The van der Waals surface area contributed by atoms with Crippen molar-refractivity contribution in [2.24, 2.45) is 0 Å². The van der Waals surface area contributed by atoms with Gasteiger partial charge in [-0.2, -0.15) is 15.4 Å². The van der Waals surface area contributed by atoms with Gasteiger partial charge in [-0.05, 0) is 35.6 Å². The molecule has 4 atom stereocenters. The van der Waals surface area contributed by atoms with Crippen molar-refractivity contribution in [1.82, 2.24) is 25.6 Å². The van der Waals surface area contributed by atoms with Gasteiger partial charge in [0, 0.05) is 6.42 Å². The monoisotopic (exact) mass is 481 g/mol. The van der Waals surface area contributed by atoms with Crippen LogP contribution >= 0.6 is 0 Å². The van der Waals surface area contributed by atoms with Gasteiger partial charge in [0.2, 0.25) is 11.8 Å². The van der Waals surface area contributed by atoms with Crippen LogP contribution in [0.2, 0.25) is 0 Å². The molecule has 1 aliphatic heterocycles. The largest absolute Gasteiger partial charge is 0.343 e. The lowest BCUT2D eigenvalue weighted by atomic mass is 9.94. The van der Waals surface area contributed by atoms with Crippen LogP contribution in [0.15, 0.2) is 54.7 Å². The smallest absolute Gasteiger partial charge is 0.243 e. The Morgan fingerprint density at radius 2 is 1.86 bits per heavy atom. The quantitative estimate of drug-likeness (QED) is 0.533. The highest BCUT2D eigenvalue weighted by Crippen LogP contribution is 2.29. The molecule has 0 saturated carbocycles. The summed E-state index contributed by atoms with van der Waals surface area (Å²) < 4.78 is 29.3. The van der Waals surface area contributed by atoms with E-state index in [0.717, 1.165) is 5.56 Å². The Labute approximate surface area is 202 Å². The van der Waals surface area contributed by atoms with Crippen LogP contribution in [0, 0.1) is 5.82 Å². The van der Waals surface area contributed by atoms with Crippen LogP contribution in [0.5, 0.6) is 0 Å². The minimum atomic E-state index is -1.32. The molecule has 1 aromatic heterocycles. The Kier molecular flexibility index (Phi) is 7.23. The Morgan fingerprint density at radius 1 is 1.11 bits per heavy atom. The Balaban J connectivity index is 1.61. The molecule has 35 heavy (non-hydrogen) atoms. The van der Waals surface area contributed by atoms with E-state index >= 15 is 0 Å². The van der Waals surface area contributed by atoms with Crippen LogP contribution in [-0.2, 0) is 9.59 Å². The van der Waals surface area contributed by atoms with Crippen LogP contribution in [0.3, 0.4) is 0 Å². The Morgan fingerprint density at radius 3 is 2.49 bits per heavy atom. The number of halogens is 2. The summed E-state index contributed by atoms with van der Waals surface area (Å²) in [5, 5.41) is 13.1. The SMILES string of the molecule is CC(C)c1ccc([C@@H](NC(=O)[C@@H]2C[C@@H](F)CN2C(=O)C(C)c2cn[nH]n2)c2ccccc2)cc1F. The summed E-state index contributed by atoms with van der Waals surface area (Å²) in [7, 11) is 0. The van der Waals surface area contributed by atoms with Crippen molar-refractivity contribution < 1.29 is 18.4 Å². The van der Waals surface area contributed by atoms with E-state index in [-0.39, 0.29) is 24.7 Å². The molecule has 2 amide bonds. The summed E-state index contributed by atoms with van der Waals surface area (Å²) in [6.45, 7) is 5.29. The van der Waals surface area contributed by atoms with E-state index < -0.39 is 36.0 Å². The average molecular weight is 482 g/mol. The number of amides is 2. The summed E-state index contributed by atoms with van der Waals surface area (Å²) in [6.07, 6.45) is 0.00402. The number of benzene rings is 2. The molecule has 2 aromatic carbocycles. The molecule has 4 rings (SSSR count). The lowest BCUT2D eigenvalue weighted by molar-refractivity contribution is -0.139. The Hall–Kier alpha value is -3.62. The number of rotatable bonds is 7. The normalized spacial score (nSPS) is 19.5. The number of aromatic nitrogens is 3. The van der Waals surface area contributed by atoms with Gasteiger partial charge in [-0.25, -0.2) is 8.78 Å². The number of likely N-dealkylation sites (tertiary alicyclic amines) is 1. The van der Waals surface area contributed by atoms with Crippen molar-refractivity contribution in [1.29, 1.82) is 0 Å². The second-order valence-electron chi connectivity index (χ2n) is 9.24. The molecule has 1 unspecified atom stereocenters. The number of carbonyl (C=O) groups excluding carboxylic acids is 2. The third-order valence-electron chi connectivity index (χ3n) is 6.48. The van der Waals surface area contributed by atoms with Crippen LogP contribution < -0.4 is 5.32 Å². The maximum absolute atomic E-state index is 14.8. The number of hydrogen-bond acceptors (Lipinski definition) is 4. The summed E-state index contributed by atoms with van der Waals surface area (Å²) >= 11 is 0. The van der Waals surface area contributed by atoms with Crippen molar-refractivity contribution in [3.8, 4) is 0 Å². The third-order valence-corrected chi connectivity index (χ3v) is 6.48. The van der Waals surface area contributed by atoms with Crippen LogP contribution in [0.25, 0.3) is 0 Å². The van der Waals surface area contributed by atoms with Crippen molar-refractivity contribution >= 4 is 11.8 Å². The molecule has 2 heterocycles. The second-order valence-corrected chi connectivity index (χ2v) is 9.24. The molecule has 1 saturated heterocycles. The van der Waals surface area contributed by atoms with Crippen molar-refractivity contribution in [3.63, 3.8) is 0 Å². The third kappa shape index (κ3) is 5.23. The molecule has 0 bridgehead atoms. The molecular weight excluding hydrogens is 452 g/mol. The standard InChI is InChI=1S/C26H29F2N5O2/c1-15(2)20-10-9-18(11-21(20)28)24(17-7-5-4-6-8-17)30-25(34)23-12-19(27)14-33(23)26(35)16(3)22-13-29-32-31-22/h4-11,13,15-16,19,23-24H,12,14H2,1-3H3,(H,30,34)(H,29,31,32)/t16?,19-,23+,24+/m1/s1. The minimum absolute atomic E-state index is 0.0140. The molecule has 184 valence electrons.